The van der Waals surface area contributed by atoms with Crippen molar-refractivity contribution < 1.29 is 9.18 Å². The summed E-state index contributed by atoms with van der Waals surface area (Å²) in [7, 11) is 0. The maximum Gasteiger partial charge on any atom is 0.256 e. The average molecular weight is 338 g/mol. The fourth-order valence-electron chi connectivity index (χ4n) is 1.95. The number of amides is 1. The van der Waals surface area contributed by atoms with E-state index in [4.69, 9.17) is 0 Å². The summed E-state index contributed by atoms with van der Waals surface area (Å²) in [5.74, 6) is -0.707. The monoisotopic (exact) mass is 336 g/mol. The van der Waals surface area contributed by atoms with Crippen LogP contribution in [0.25, 0.3) is 0 Å². The maximum absolute atomic E-state index is 13.6. The molecule has 1 fully saturated rings. The van der Waals surface area contributed by atoms with Gasteiger partial charge in [0, 0.05) is 30.1 Å². The summed E-state index contributed by atoms with van der Waals surface area (Å²) in [5, 5.41) is 3.25. The number of nitrogens with one attached hydrogen (secondary N) is 1. The third kappa shape index (κ3) is 3.43. The van der Waals surface area contributed by atoms with E-state index in [-0.39, 0.29) is 29.9 Å². The molecule has 1 aromatic carbocycles. The van der Waals surface area contributed by atoms with Crippen LogP contribution in [0, 0.1) is 5.82 Å². The lowest BCUT2D eigenvalue weighted by Gasteiger charge is -2.32. The van der Waals surface area contributed by atoms with Crippen molar-refractivity contribution in [2.24, 2.45) is 0 Å². The zero-order valence-electron chi connectivity index (χ0n) is 9.95. The first-order chi connectivity index (χ1) is 8.08. The normalized spacial score (nSPS) is 19.3. The van der Waals surface area contributed by atoms with Crippen LogP contribution in [0.5, 0.6) is 0 Å². The van der Waals surface area contributed by atoms with Gasteiger partial charge in [0.1, 0.15) is 5.82 Å². The van der Waals surface area contributed by atoms with Gasteiger partial charge in [0.25, 0.3) is 5.91 Å². The highest BCUT2D eigenvalue weighted by Gasteiger charge is 2.23. The molecular formula is C12H15BrClFN2O. The summed E-state index contributed by atoms with van der Waals surface area (Å²) in [5.41, 5.74) is 0.133. The summed E-state index contributed by atoms with van der Waals surface area (Å²) in [6, 6.07) is 4.68. The molecule has 0 spiro atoms. The van der Waals surface area contributed by atoms with E-state index in [0.717, 1.165) is 6.54 Å². The first-order valence-electron chi connectivity index (χ1n) is 5.55. The van der Waals surface area contributed by atoms with Gasteiger partial charge >= 0.3 is 0 Å². The van der Waals surface area contributed by atoms with Crippen molar-refractivity contribution in [3.05, 3.63) is 34.1 Å². The summed E-state index contributed by atoms with van der Waals surface area (Å²) < 4.78 is 14.3. The smallest absolute Gasteiger partial charge is 0.256 e. The molecule has 0 bridgehead atoms. The maximum atomic E-state index is 13.6. The van der Waals surface area contributed by atoms with Crippen LogP contribution in [-0.2, 0) is 0 Å². The minimum Gasteiger partial charge on any atom is -0.336 e. The van der Waals surface area contributed by atoms with Crippen molar-refractivity contribution in [1.29, 1.82) is 0 Å². The Morgan fingerprint density at radius 3 is 2.94 bits per heavy atom. The minimum atomic E-state index is -0.468. The van der Waals surface area contributed by atoms with Crippen LogP contribution in [-0.4, -0.2) is 36.5 Å². The Labute approximate surface area is 120 Å². The summed E-state index contributed by atoms with van der Waals surface area (Å²) >= 11 is 3.25. The predicted octanol–water partition coefficient (Wildman–Crippen LogP) is 2.44. The van der Waals surface area contributed by atoms with Gasteiger partial charge in [0.2, 0.25) is 0 Å². The van der Waals surface area contributed by atoms with Gasteiger partial charge in [-0.2, -0.15) is 0 Å². The highest BCUT2D eigenvalue weighted by atomic mass is 79.9. The molecular weight excluding hydrogens is 322 g/mol. The van der Waals surface area contributed by atoms with E-state index in [0.29, 0.717) is 17.6 Å². The molecule has 1 saturated heterocycles. The van der Waals surface area contributed by atoms with Crippen molar-refractivity contribution in [3.8, 4) is 0 Å². The van der Waals surface area contributed by atoms with Gasteiger partial charge in [0.05, 0.1) is 5.56 Å². The minimum absolute atomic E-state index is 0. The van der Waals surface area contributed by atoms with Crippen LogP contribution in [0.4, 0.5) is 4.39 Å². The first-order valence-corrected chi connectivity index (χ1v) is 6.35. The van der Waals surface area contributed by atoms with Crippen molar-refractivity contribution in [2.45, 2.75) is 13.0 Å². The van der Waals surface area contributed by atoms with E-state index >= 15 is 0 Å². The number of hydrogen-bond donors (Lipinski definition) is 1. The van der Waals surface area contributed by atoms with Gasteiger partial charge in [0.15, 0.2) is 0 Å². The van der Waals surface area contributed by atoms with Gasteiger partial charge < -0.3 is 10.2 Å². The molecule has 3 nitrogen and oxygen atoms in total. The van der Waals surface area contributed by atoms with Gasteiger partial charge in [-0.3, -0.25) is 4.79 Å². The molecule has 0 aliphatic carbocycles. The second-order valence-corrected chi connectivity index (χ2v) is 5.15. The third-order valence-electron chi connectivity index (χ3n) is 2.81. The lowest BCUT2D eigenvalue weighted by Crippen LogP contribution is -2.51. The molecule has 1 heterocycles. The van der Waals surface area contributed by atoms with Crippen molar-refractivity contribution >= 4 is 34.2 Å². The molecule has 2 rings (SSSR count). The fourth-order valence-corrected chi connectivity index (χ4v) is 2.31. The Bertz CT molecular complexity index is 444. The number of nitrogens with zero attached hydrogens (tertiary/aromatic N) is 1. The Hall–Kier alpha value is -0.650. The zero-order chi connectivity index (χ0) is 12.4. The van der Waals surface area contributed by atoms with Crippen LogP contribution in [0.1, 0.15) is 17.3 Å². The number of halogens is 3. The molecule has 18 heavy (non-hydrogen) atoms. The second kappa shape index (κ2) is 6.50. The van der Waals surface area contributed by atoms with Crippen LogP contribution >= 0.6 is 28.3 Å². The largest absolute Gasteiger partial charge is 0.336 e. The van der Waals surface area contributed by atoms with Gasteiger partial charge in [-0.25, -0.2) is 4.39 Å². The molecule has 0 saturated carbocycles. The number of carbonyl (C=O) groups excluding carboxylic acids is 1. The van der Waals surface area contributed by atoms with E-state index in [1.54, 1.807) is 11.0 Å². The van der Waals surface area contributed by atoms with Gasteiger partial charge in [-0.15, -0.1) is 12.4 Å². The molecule has 1 N–H and O–H groups in total. The number of carbonyl (C=O) groups is 1. The molecule has 1 aliphatic rings. The fraction of sp³-hybridized carbons (Fsp3) is 0.417. The molecule has 1 atom stereocenters. The second-order valence-electron chi connectivity index (χ2n) is 4.23. The number of piperazine rings is 1. The molecule has 1 amide bonds. The lowest BCUT2D eigenvalue weighted by atomic mass is 10.1. The molecule has 0 unspecified atom stereocenters. The Morgan fingerprint density at radius 2 is 2.28 bits per heavy atom. The Kier molecular flexibility index (Phi) is 5.56. The number of benzene rings is 1. The van der Waals surface area contributed by atoms with E-state index in [1.165, 1.54) is 12.1 Å². The Balaban J connectivity index is 0.00000162. The van der Waals surface area contributed by atoms with Gasteiger partial charge in [-0.1, -0.05) is 15.9 Å². The van der Waals surface area contributed by atoms with Gasteiger partial charge in [-0.05, 0) is 25.1 Å². The molecule has 0 aromatic heterocycles. The SMILES string of the molecule is C[C@@H]1CN(C(=O)c2cc(Br)ccc2F)CCN1.Cl. The van der Waals surface area contributed by atoms with Crippen LogP contribution in [0.15, 0.2) is 22.7 Å². The summed E-state index contributed by atoms with van der Waals surface area (Å²) in [4.78, 5) is 13.8. The Morgan fingerprint density at radius 1 is 1.56 bits per heavy atom. The van der Waals surface area contributed by atoms with Crippen LogP contribution in [0.3, 0.4) is 0 Å². The van der Waals surface area contributed by atoms with E-state index < -0.39 is 5.82 Å². The third-order valence-corrected chi connectivity index (χ3v) is 3.31. The number of hydrogen-bond acceptors (Lipinski definition) is 2. The summed E-state index contributed by atoms with van der Waals surface area (Å²) in [6.45, 7) is 4.00. The highest BCUT2D eigenvalue weighted by molar-refractivity contribution is 9.10. The van der Waals surface area contributed by atoms with Crippen LogP contribution < -0.4 is 5.32 Å². The van der Waals surface area contributed by atoms with Crippen molar-refractivity contribution in [2.75, 3.05) is 19.6 Å². The van der Waals surface area contributed by atoms with E-state index in [2.05, 4.69) is 21.2 Å². The lowest BCUT2D eigenvalue weighted by molar-refractivity contribution is 0.0704. The highest BCUT2D eigenvalue weighted by Crippen LogP contribution is 2.18. The van der Waals surface area contributed by atoms with E-state index in [9.17, 15) is 9.18 Å². The van der Waals surface area contributed by atoms with Crippen LogP contribution in [0.2, 0.25) is 0 Å². The van der Waals surface area contributed by atoms with Crippen molar-refractivity contribution in [1.82, 2.24) is 10.2 Å². The van der Waals surface area contributed by atoms with E-state index in [1.807, 2.05) is 6.92 Å². The quantitative estimate of drug-likeness (QED) is 0.854. The number of rotatable bonds is 1. The average Bonchev–Trinajstić information content (AvgIpc) is 2.31. The molecule has 0 radical (unpaired) electrons. The first kappa shape index (κ1) is 15.4. The topological polar surface area (TPSA) is 32.3 Å². The van der Waals surface area contributed by atoms with Crippen molar-refractivity contribution in [3.63, 3.8) is 0 Å². The summed E-state index contributed by atoms with van der Waals surface area (Å²) in [6.07, 6.45) is 0. The predicted molar refractivity (Wildman–Crippen MR) is 74.7 cm³/mol. The molecule has 1 aliphatic heterocycles. The standard InChI is InChI=1S/C12H14BrFN2O.ClH/c1-8-7-16(5-4-15-8)12(17)10-6-9(13)2-3-11(10)14;/h2-3,6,8,15H,4-5,7H2,1H3;1H/t8-;/m1./s1. The molecule has 6 heteroatoms. The molecule has 100 valence electrons. The zero-order valence-corrected chi connectivity index (χ0v) is 12.4. The molecule has 1 aromatic rings.